The van der Waals surface area contributed by atoms with Crippen LogP contribution in [0, 0.1) is 0 Å². The van der Waals surface area contributed by atoms with Gasteiger partial charge >= 0.3 is 5.97 Å². The molecule has 2 aromatic rings. The number of benzene rings is 2. The highest BCUT2D eigenvalue weighted by atomic mass is 16.5. The van der Waals surface area contributed by atoms with Gasteiger partial charge in [0.15, 0.2) is 0 Å². The standard InChI is InChI=1S/C19H19NO5/c1-24-16-11-17(19(22)23)20(12-16)18(21)13-6-5-9-15(10-13)25-14-7-3-2-4-8-14/h2-10,16-17H,11-12H2,1H3,(H,22,23). The van der Waals surface area contributed by atoms with Crippen molar-refractivity contribution in [2.45, 2.75) is 18.6 Å². The third-order valence-corrected chi connectivity index (χ3v) is 4.20. The molecule has 0 aliphatic carbocycles. The van der Waals surface area contributed by atoms with Crippen molar-refractivity contribution < 1.29 is 24.2 Å². The quantitative estimate of drug-likeness (QED) is 0.905. The molecule has 0 bridgehead atoms. The Hall–Kier alpha value is -2.86. The maximum absolute atomic E-state index is 12.8. The van der Waals surface area contributed by atoms with Crippen molar-refractivity contribution in [3.63, 3.8) is 0 Å². The smallest absolute Gasteiger partial charge is 0.326 e. The Morgan fingerprint density at radius 3 is 2.48 bits per heavy atom. The first-order valence-electron chi connectivity index (χ1n) is 7.98. The molecule has 1 amide bonds. The first kappa shape index (κ1) is 17.0. The zero-order valence-electron chi connectivity index (χ0n) is 13.8. The van der Waals surface area contributed by atoms with Gasteiger partial charge in [0.2, 0.25) is 0 Å². The second-order valence-electron chi connectivity index (χ2n) is 5.85. The lowest BCUT2D eigenvalue weighted by atomic mass is 10.1. The SMILES string of the molecule is COC1CC(C(=O)O)N(C(=O)c2cccc(Oc3ccccc3)c2)C1. The number of amides is 1. The fraction of sp³-hybridized carbons (Fsp3) is 0.263. The number of likely N-dealkylation sites (tertiary alicyclic amines) is 1. The third kappa shape index (κ3) is 3.80. The Morgan fingerprint density at radius 1 is 1.08 bits per heavy atom. The van der Waals surface area contributed by atoms with E-state index in [0.717, 1.165) is 0 Å². The lowest BCUT2D eigenvalue weighted by Crippen LogP contribution is -2.40. The largest absolute Gasteiger partial charge is 0.480 e. The number of carboxylic acid groups (broad SMARTS) is 1. The number of hydrogen-bond acceptors (Lipinski definition) is 4. The van der Waals surface area contributed by atoms with Gasteiger partial charge in [-0.15, -0.1) is 0 Å². The van der Waals surface area contributed by atoms with E-state index in [1.165, 1.54) is 12.0 Å². The summed E-state index contributed by atoms with van der Waals surface area (Å²) in [6.07, 6.45) is 0.0198. The van der Waals surface area contributed by atoms with Gasteiger partial charge in [-0.25, -0.2) is 4.79 Å². The molecule has 0 aromatic heterocycles. The van der Waals surface area contributed by atoms with Gasteiger partial charge in [-0.2, -0.15) is 0 Å². The molecule has 1 heterocycles. The Morgan fingerprint density at radius 2 is 1.80 bits per heavy atom. The fourth-order valence-electron chi connectivity index (χ4n) is 2.91. The van der Waals surface area contributed by atoms with Crippen molar-refractivity contribution in [1.82, 2.24) is 4.90 Å². The maximum Gasteiger partial charge on any atom is 0.326 e. The number of carbonyl (C=O) groups is 2. The lowest BCUT2D eigenvalue weighted by Gasteiger charge is -2.21. The van der Waals surface area contributed by atoms with E-state index in [0.29, 0.717) is 17.1 Å². The summed E-state index contributed by atoms with van der Waals surface area (Å²) < 4.78 is 11.0. The molecule has 3 rings (SSSR count). The minimum atomic E-state index is -1.02. The summed E-state index contributed by atoms with van der Waals surface area (Å²) in [5.41, 5.74) is 0.386. The summed E-state index contributed by atoms with van der Waals surface area (Å²) in [5, 5.41) is 9.37. The molecule has 1 fully saturated rings. The van der Waals surface area contributed by atoms with E-state index in [1.807, 2.05) is 30.3 Å². The lowest BCUT2D eigenvalue weighted by molar-refractivity contribution is -0.141. The van der Waals surface area contributed by atoms with Crippen molar-refractivity contribution in [2.75, 3.05) is 13.7 Å². The predicted octanol–water partition coefficient (Wildman–Crippen LogP) is 2.79. The van der Waals surface area contributed by atoms with Crippen molar-refractivity contribution in [1.29, 1.82) is 0 Å². The van der Waals surface area contributed by atoms with Crippen LogP contribution in [-0.2, 0) is 9.53 Å². The van der Waals surface area contributed by atoms with E-state index in [2.05, 4.69) is 0 Å². The zero-order valence-corrected chi connectivity index (χ0v) is 13.8. The van der Waals surface area contributed by atoms with Gasteiger partial charge in [0.05, 0.1) is 6.10 Å². The Labute approximate surface area is 145 Å². The number of ether oxygens (including phenoxy) is 2. The normalized spacial score (nSPS) is 19.6. The number of methoxy groups -OCH3 is 1. The van der Waals surface area contributed by atoms with Crippen molar-refractivity contribution in [3.8, 4) is 11.5 Å². The number of hydrogen-bond donors (Lipinski definition) is 1. The van der Waals surface area contributed by atoms with Gasteiger partial charge < -0.3 is 19.5 Å². The fourth-order valence-corrected chi connectivity index (χ4v) is 2.91. The highest BCUT2D eigenvalue weighted by Crippen LogP contribution is 2.26. The molecule has 2 unspecified atom stereocenters. The second kappa shape index (κ2) is 7.36. The van der Waals surface area contributed by atoms with Gasteiger partial charge in [-0.3, -0.25) is 4.79 Å². The number of carbonyl (C=O) groups excluding carboxylic acids is 1. The van der Waals surface area contributed by atoms with Crippen LogP contribution in [0.2, 0.25) is 0 Å². The number of carboxylic acids is 1. The molecule has 6 nitrogen and oxygen atoms in total. The van der Waals surface area contributed by atoms with E-state index >= 15 is 0 Å². The average molecular weight is 341 g/mol. The van der Waals surface area contributed by atoms with Gasteiger partial charge in [0.25, 0.3) is 5.91 Å². The predicted molar refractivity (Wildman–Crippen MR) is 90.8 cm³/mol. The summed E-state index contributed by atoms with van der Waals surface area (Å²) >= 11 is 0. The second-order valence-corrected chi connectivity index (χ2v) is 5.85. The minimum Gasteiger partial charge on any atom is -0.480 e. The van der Waals surface area contributed by atoms with Crippen LogP contribution in [0.1, 0.15) is 16.8 Å². The van der Waals surface area contributed by atoms with Crippen molar-refractivity contribution in [3.05, 3.63) is 60.2 Å². The molecule has 0 spiro atoms. The highest BCUT2D eigenvalue weighted by molar-refractivity contribution is 5.97. The molecule has 0 saturated carbocycles. The summed E-state index contributed by atoms with van der Waals surface area (Å²) in [6, 6.07) is 15.1. The molecule has 1 saturated heterocycles. The third-order valence-electron chi connectivity index (χ3n) is 4.20. The number of nitrogens with zero attached hydrogens (tertiary/aromatic N) is 1. The van der Waals surface area contributed by atoms with Gasteiger partial charge in [0, 0.05) is 25.6 Å². The molecule has 1 aliphatic heterocycles. The minimum absolute atomic E-state index is 0.260. The number of para-hydroxylation sites is 1. The summed E-state index contributed by atoms with van der Waals surface area (Å²) in [7, 11) is 1.52. The molecule has 0 radical (unpaired) electrons. The van der Waals surface area contributed by atoms with E-state index in [4.69, 9.17) is 9.47 Å². The van der Waals surface area contributed by atoms with Gasteiger partial charge in [-0.05, 0) is 30.3 Å². The molecular weight excluding hydrogens is 322 g/mol. The van der Waals surface area contributed by atoms with Gasteiger partial charge in [0.1, 0.15) is 17.5 Å². The summed E-state index contributed by atoms with van der Waals surface area (Å²) in [5.74, 6) is -0.183. The van der Waals surface area contributed by atoms with Crippen LogP contribution in [0.5, 0.6) is 11.5 Å². The molecule has 2 atom stereocenters. The molecule has 130 valence electrons. The van der Waals surface area contributed by atoms with Crippen LogP contribution in [-0.4, -0.2) is 47.7 Å². The molecular formula is C19H19NO5. The van der Waals surface area contributed by atoms with Crippen LogP contribution in [0.4, 0.5) is 0 Å². The van der Waals surface area contributed by atoms with Crippen molar-refractivity contribution >= 4 is 11.9 Å². The molecule has 2 aromatic carbocycles. The number of aliphatic carboxylic acids is 1. The molecule has 25 heavy (non-hydrogen) atoms. The van der Waals surface area contributed by atoms with Crippen LogP contribution >= 0.6 is 0 Å². The van der Waals surface area contributed by atoms with Crippen molar-refractivity contribution in [2.24, 2.45) is 0 Å². The van der Waals surface area contributed by atoms with E-state index in [1.54, 1.807) is 24.3 Å². The van der Waals surface area contributed by atoms with Crippen LogP contribution in [0.3, 0.4) is 0 Å². The zero-order chi connectivity index (χ0) is 17.8. The summed E-state index contributed by atoms with van der Waals surface area (Å²) in [6.45, 7) is 0.260. The maximum atomic E-state index is 12.8. The monoisotopic (exact) mass is 341 g/mol. The van der Waals surface area contributed by atoms with E-state index < -0.39 is 12.0 Å². The van der Waals surface area contributed by atoms with E-state index in [-0.39, 0.29) is 25.0 Å². The first-order chi connectivity index (χ1) is 12.1. The van der Waals surface area contributed by atoms with Crippen LogP contribution < -0.4 is 4.74 Å². The van der Waals surface area contributed by atoms with Gasteiger partial charge in [-0.1, -0.05) is 24.3 Å². The average Bonchev–Trinajstić information content (AvgIpc) is 3.07. The first-order valence-corrected chi connectivity index (χ1v) is 7.98. The molecule has 1 aliphatic rings. The number of rotatable bonds is 5. The highest BCUT2D eigenvalue weighted by Gasteiger charge is 2.40. The Kier molecular flexibility index (Phi) is 5.00. The van der Waals surface area contributed by atoms with E-state index in [9.17, 15) is 14.7 Å². The molecule has 6 heteroatoms. The molecule has 1 N–H and O–H groups in total. The topological polar surface area (TPSA) is 76.1 Å². The summed E-state index contributed by atoms with van der Waals surface area (Å²) in [4.78, 5) is 25.6. The Bertz CT molecular complexity index is 761. The van der Waals surface area contributed by atoms with Crippen LogP contribution in [0.15, 0.2) is 54.6 Å². The Balaban J connectivity index is 1.80. The van der Waals surface area contributed by atoms with Crippen LogP contribution in [0.25, 0.3) is 0 Å².